The number of aryl methyl sites for hydroxylation is 1. The Morgan fingerprint density at radius 1 is 1.33 bits per heavy atom. The third kappa shape index (κ3) is 3.61. The standard InChI is InChI=1S/C16H15BrFNO2/c1-3-21-11-7-8-14(10(2)9-11)19-16(20)15-12(17)5-4-6-13(15)18/h4-9H,3H2,1-2H3,(H,19,20). The smallest absolute Gasteiger partial charge is 0.259 e. The van der Waals surface area contributed by atoms with Crippen LogP contribution in [0.5, 0.6) is 5.75 Å². The molecule has 3 nitrogen and oxygen atoms in total. The second-order valence-corrected chi connectivity index (χ2v) is 5.31. The van der Waals surface area contributed by atoms with Crippen molar-refractivity contribution >= 4 is 27.5 Å². The molecule has 0 unspecified atom stereocenters. The molecule has 2 aromatic rings. The van der Waals surface area contributed by atoms with Crippen molar-refractivity contribution in [2.24, 2.45) is 0 Å². The molecule has 0 bridgehead atoms. The van der Waals surface area contributed by atoms with Gasteiger partial charge in [0.1, 0.15) is 11.6 Å². The molecule has 2 rings (SSSR count). The molecule has 1 amide bonds. The third-order valence-electron chi connectivity index (χ3n) is 2.95. The number of rotatable bonds is 4. The summed E-state index contributed by atoms with van der Waals surface area (Å²) in [6, 6.07) is 9.76. The molecule has 0 aliphatic heterocycles. The van der Waals surface area contributed by atoms with Crippen LogP contribution in [0.2, 0.25) is 0 Å². The molecule has 0 aliphatic rings. The molecule has 21 heavy (non-hydrogen) atoms. The molecule has 0 heterocycles. The summed E-state index contributed by atoms with van der Waals surface area (Å²) in [6.07, 6.45) is 0. The largest absolute Gasteiger partial charge is 0.494 e. The number of halogens is 2. The van der Waals surface area contributed by atoms with Crippen LogP contribution in [0.25, 0.3) is 0 Å². The lowest BCUT2D eigenvalue weighted by Gasteiger charge is -2.12. The lowest BCUT2D eigenvalue weighted by Crippen LogP contribution is -2.15. The van der Waals surface area contributed by atoms with E-state index >= 15 is 0 Å². The number of nitrogens with one attached hydrogen (secondary N) is 1. The van der Waals surface area contributed by atoms with E-state index in [1.165, 1.54) is 6.07 Å². The summed E-state index contributed by atoms with van der Waals surface area (Å²) in [6.45, 7) is 4.34. The molecule has 5 heteroatoms. The summed E-state index contributed by atoms with van der Waals surface area (Å²) in [7, 11) is 0. The molecular weight excluding hydrogens is 337 g/mol. The minimum Gasteiger partial charge on any atom is -0.494 e. The van der Waals surface area contributed by atoms with E-state index < -0.39 is 11.7 Å². The Balaban J connectivity index is 2.24. The van der Waals surface area contributed by atoms with Crippen LogP contribution in [0, 0.1) is 12.7 Å². The van der Waals surface area contributed by atoms with Gasteiger partial charge in [0, 0.05) is 10.2 Å². The Morgan fingerprint density at radius 3 is 2.71 bits per heavy atom. The minimum absolute atomic E-state index is 0.00853. The summed E-state index contributed by atoms with van der Waals surface area (Å²) >= 11 is 3.19. The summed E-state index contributed by atoms with van der Waals surface area (Å²) in [4.78, 5) is 12.2. The van der Waals surface area contributed by atoms with Gasteiger partial charge in [0.05, 0.1) is 12.2 Å². The number of anilines is 1. The van der Waals surface area contributed by atoms with Crippen molar-refractivity contribution in [2.75, 3.05) is 11.9 Å². The fourth-order valence-corrected chi connectivity index (χ4v) is 2.45. The molecule has 0 aliphatic carbocycles. The van der Waals surface area contributed by atoms with Crippen molar-refractivity contribution in [2.45, 2.75) is 13.8 Å². The molecule has 0 saturated heterocycles. The lowest BCUT2D eigenvalue weighted by molar-refractivity contribution is 0.102. The zero-order valence-corrected chi connectivity index (χ0v) is 13.3. The number of carbonyl (C=O) groups is 1. The highest BCUT2D eigenvalue weighted by atomic mass is 79.9. The van der Waals surface area contributed by atoms with Gasteiger partial charge in [-0.15, -0.1) is 0 Å². The second-order valence-electron chi connectivity index (χ2n) is 4.46. The highest BCUT2D eigenvalue weighted by Gasteiger charge is 2.16. The van der Waals surface area contributed by atoms with E-state index in [1.807, 2.05) is 19.9 Å². The SMILES string of the molecule is CCOc1ccc(NC(=O)c2c(F)cccc2Br)c(C)c1. The number of hydrogen-bond donors (Lipinski definition) is 1. The lowest BCUT2D eigenvalue weighted by atomic mass is 10.1. The van der Waals surface area contributed by atoms with E-state index in [1.54, 1.807) is 24.3 Å². The first kappa shape index (κ1) is 15.5. The van der Waals surface area contributed by atoms with Gasteiger partial charge in [-0.05, 0) is 65.7 Å². The van der Waals surface area contributed by atoms with Crippen molar-refractivity contribution in [3.63, 3.8) is 0 Å². The molecule has 0 atom stereocenters. The van der Waals surface area contributed by atoms with E-state index in [9.17, 15) is 9.18 Å². The highest BCUT2D eigenvalue weighted by Crippen LogP contribution is 2.24. The molecular formula is C16H15BrFNO2. The van der Waals surface area contributed by atoms with Gasteiger partial charge in [-0.2, -0.15) is 0 Å². The van der Waals surface area contributed by atoms with Gasteiger partial charge in [0.15, 0.2) is 0 Å². The van der Waals surface area contributed by atoms with Crippen LogP contribution in [0.3, 0.4) is 0 Å². The third-order valence-corrected chi connectivity index (χ3v) is 3.61. The van der Waals surface area contributed by atoms with Gasteiger partial charge < -0.3 is 10.1 Å². The normalized spacial score (nSPS) is 10.3. The van der Waals surface area contributed by atoms with E-state index in [0.717, 1.165) is 11.3 Å². The molecule has 0 radical (unpaired) electrons. The number of benzene rings is 2. The summed E-state index contributed by atoms with van der Waals surface area (Å²) in [5, 5.41) is 2.71. The summed E-state index contributed by atoms with van der Waals surface area (Å²) in [5.41, 5.74) is 1.46. The van der Waals surface area contributed by atoms with Gasteiger partial charge in [-0.3, -0.25) is 4.79 Å². The molecule has 110 valence electrons. The van der Waals surface area contributed by atoms with Crippen LogP contribution in [-0.2, 0) is 0 Å². The molecule has 0 spiro atoms. The quantitative estimate of drug-likeness (QED) is 0.877. The molecule has 2 aromatic carbocycles. The first-order chi connectivity index (χ1) is 10.0. The predicted octanol–water partition coefficient (Wildman–Crippen LogP) is 4.55. The van der Waals surface area contributed by atoms with Crippen LogP contribution in [0.15, 0.2) is 40.9 Å². The average molecular weight is 352 g/mol. The Kier molecular flexibility index (Phi) is 4.96. The number of amides is 1. The Morgan fingerprint density at radius 2 is 2.10 bits per heavy atom. The van der Waals surface area contributed by atoms with Gasteiger partial charge >= 0.3 is 0 Å². The van der Waals surface area contributed by atoms with Crippen LogP contribution in [0.1, 0.15) is 22.8 Å². The molecule has 1 N–H and O–H groups in total. The van der Waals surface area contributed by atoms with E-state index in [4.69, 9.17) is 4.74 Å². The zero-order chi connectivity index (χ0) is 15.4. The zero-order valence-electron chi connectivity index (χ0n) is 11.7. The second kappa shape index (κ2) is 6.72. The maximum Gasteiger partial charge on any atom is 0.259 e. The first-order valence-corrected chi connectivity index (χ1v) is 7.31. The van der Waals surface area contributed by atoms with Gasteiger partial charge in [-0.1, -0.05) is 6.07 Å². The molecule has 0 aromatic heterocycles. The minimum atomic E-state index is -0.564. The topological polar surface area (TPSA) is 38.3 Å². The van der Waals surface area contributed by atoms with Crippen molar-refractivity contribution < 1.29 is 13.9 Å². The number of ether oxygens (including phenoxy) is 1. The number of carbonyl (C=O) groups excluding carboxylic acids is 1. The van der Waals surface area contributed by atoms with Crippen molar-refractivity contribution in [1.82, 2.24) is 0 Å². The maximum absolute atomic E-state index is 13.8. The van der Waals surface area contributed by atoms with E-state index in [-0.39, 0.29) is 5.56 Å². The van der Waals surface area contributed by atoms with E-state index in [0.29, 0.717) is 16.8 Å². The van der Waals surface area contributed by atoms with Crippen LogP contribution in [-0.4, -0.2) is 12.5 Å². The monoisotopic (exact) mass is 351 g/mol. The fourth-order valence-electron chi connectivity index (χ4n) is 1.93. The van der Waals surface area contributed by atoms with E-state index in [2.05, 4.69) is 21.2 Å². The van der Waals surface area contributed by atoms with Gasteiger partial charge in [0.2, 0.25) is 0 Å². The summed E-state index contributed by atoms with van der Waals surface area (Å²) < 4.78 is 19.6. The summed E-state index contributed by atoms with van der Waals surface area (Å²) in [5.74, 6) is -0.322. The highest BCUT2D eigenvalue weighted by molar-refractivity contribution is 9.10. The van der Waals surface area contributed by atoms with Crippen LogP contribution >= 0.6 is 15.9 Å². The van der Waals surface area contributed by atoms with Crippen molar-refractivity contribution in [3.05, 3.63) is 57.8 Å². The first-order valence-electron chi connectivity index (χ1n) is 6.51. The van der Waals surface area contributed by atoms with Crippen LogP contribution < -0.4 is 10.1 Å². The Bertz CT molecular complexity index is 653. The Labute approximate surface area is 131 Å². The van der Waals surface area contributed by atoms with Crippen molar-refractivity contribution in [1.29, 1.82) is 0 Å². The van der Waals surface area contributed by atoms with Crippen LogP contribution in [0.4, 0.5) is 10.1 Å². The van der Waals surface area contributed by atoms with Gasteiger partial charge in [-0.25, -0.2) is 4.39 Å². The molecule has 0 fully saturated rings. The Hall–Kier alpha value is -1.88. The maximum atomic E-state index is 13.8. The van der Waals surface area contributed by atoms with Crippen molar-refractivity contribution in [3.8, 4) is 5.75 Å². The fraction of sp³-hybridized carbons (Fsp3) is 0.188. The average Bonchev–Trinajstić information content (AvgIpc) is 2.42. The van der Waals surface area contributed by atoms with Gasteiger partial charge in [0.25, 0.3) is 5.91 Å². The predicted molar refractivity (Wildman–Crippen MR) is 84.4 cm³/mol. The number of hydrogen-bond acceptors (Lipinski definition) is 2. The molecule has 0 saturated carbocycles.